The van der Waals surface area contributed by atoms with Gasteiger partial charge in [0.05, 0.1) is 20.3 Å². The average molecular weight is 383 g/mol. The maximum Gasteiger partial charge on any atom is 0.251 e. The van der Waals surface area contributed by atoms with E-state index in [-0.39, 0.29) is 11.4 Å². The summed E-state index contributed by atoms with van der Waals surface area (Å²) in [7, 11) is 1.67. The lowest BCUT2D eigenvalue weighted by molar-refractivity contribution is -0.0361. The highest BCUT2D eigenvalue weighted by Crippen LogP contribution is 2.34. The minimum absolute atomic E-state index is 0.0101. The van der Waals surface area contributed by atoms with Gasteiger partial charge in [0.1, 0.15) is 5.75 Å². The predicted molar refractivity (Wildman–Crippen MR) is 111 cm³/mol. The fourth-order valence-corrected chi connectivity index (χ4v) is 4.69. The summed E-state index contributed by atoms with van der Waals surface area (Å²) >= 11 is 0. The lowest BCUT2D eigenvalue weighted by Gasteiger charge is -2.48. The van der Waals surface area contributed by atoms with E-state index in [1.807, 2.05) is 36.4 Å². The molecule has 28 heavy (non-hydrogen) atoms. The molecule has 5 heteroatoms. The molecule has 1 N–H and O–H groups in total. The van der Waals surface area contributed by atoms with Crippen LogP contribution >= 0.6 is 0 Å². The number of amides is 1. The molecule has 2 aliphatic rings. The van der Waals surface area contributed by atoms with Gasteiger partial charge in [-0.1, -0.05) is 31.4 Å². The number of carbonyl (C=O) groups is 1. The van der Waals surface area contributed by atoms with Crippen molar-refractivity contribution in [2.75, 3.05) is 40.0 Å². The van der Waals surface area contributed by atoms with E-state index >= 15 is 0 Å². The van der Waals surface area contributed by atoms with E-state index in [9.17, 15) is 4.79 Å². The number of nitrogens with zero attached hydrogens (tertiary/aromatic N) is 1. The summed E-state index contributed by atoms with van der Waals surface area (Å²) in [5, 5.41) is 5.37. The van der Waals surface area contributed by atoms with Gasteiger partial charge in [-0.05, 0) is 47.9 Å². The highest BCUT2D eigenvalue weighted by Gasteiger charge is 2.38. The van der Waals surface area contributed by atoms with Gasteiger partial charge in [-0.3, -0.25) is 9.69 Å². The molecule has 2 aromatic carbocycles. The SMILES string of the molecule is COc1ccc2cc(C(=O)NCC3(N4CCOCC4)CCCCC3)ccc2c1. The van der Waals surface area contributed by atoms with Crippen molar-refractivity contribution in [3.63, 3.8) is 0 Å². The summed E-state index contributed by atoms with van der Waals surface area (Å²) in [5.74, 6) is 0.838. The Labute approximate surface area is 167 Å². The lowest BCUT2D eigenvalue weighted by Crippen LogP contribution is -2.59. The number of morpholine rings is 1. The van der Waals surface area contributed by atoms with Gasteiger partial charge in [0.25, 0.3) is 5.91 Å². The van der Waals surface area contributed by atoms with Gasteiger partial charge >= 0.3 is 0 Å². The average Bonchev–Trinajstić information content (AvgIpc) is 2.78. The molecule has 2 aromatic rings. The maximum absolute atomic E-state index is 12.9. The number of ether oxygens (including phenoxy) is 2. The van der Waals surface area contributed by atoms with Gasteiger partial charge in [0.15, 0.2) is 0 Å². The van der Waals surface area contributed by atoms with Crippen molar-refractivity contribution in [2.24, 2.45) is 0 Å². The van der Waals surface area contributed by atoms with Crippen LogP contribution in [0.1, 0.15) is 42.5 Å². The molecule has 0 atom stereocenters. The van der Waals surface area contributed by atoms with Gasteiger partial charge in [-0.15, -0.1) is 0 Å². The Kier molecular flexibility index (Phi) is 5.83. The first-order valence-electron chi connectivity index (χ1n) is 10.4. The molecule has 1 heterocycles. The number of methoxy groups -OCH3 is 1. The third-order valence-corrected chi connectivity index (χ3v) is 6.35. The highest BCUT2D eigenvalue weighted by atomic mass is 16.5. The van der Waals surface area contributed by atoms with Crippen LogP contribution in [0.25, 0.3) is 10.8 Å². The monoisotopic (exact) mass is 382 g/mol. The van der Waals surface area contributed by atoms with E-state index < -0.39 is 0 Å². The van der Waals surface area contributed by atoms with E-state index in [0.29, 0.717) is 12.1 Å². The molecule has 0 radical (unpaired) electrons. The Morgan fingerprint density at radius 1 is 1.07 bits per heavy atom. The summed E-state index contributed by atoms with van der Waals surface area (Å²) in [4.78, 5) is 15.5. The van der Waals surface area contributed by atoms with Crippen molar-refractivity contribution >= 4 is 16.7 Å². The molecule has 1 saturated carbocycles. The third-order valence-electron chi connectivity index (χ3n) is 6.35. The van der Waals surface area contributed by atoms with Crippen LogP contribution in [0.4, 0.5) is 0 Å². The van der Waals surface area contributed by atoms with Crippen LogP contribution < -0.4 is 10.1 Å². The van der Waals surface area contributed by atoms with Gasteiger partial charge in [-0.25, -0.2) is 0 Å². The Morgan fingerprint density at radius 3 is 2.54 bits per heavy atom. The minimum atomic E-state index is 0.0101. The van der Waals surface area contributed by atoms with Crippen LogP contribution in [-0.2, 0) is 4.74 Å². The number of nitrogens with one attached hydrogen (secondary N) is 1. The van der Waals surface area contributed by atoms with Gasteiger partial charge in [0, 0.05) is 30.7 Å². The second-order valence-corrected chi connectivity index (χ2v) is 7.99. The zero-order chi connectivity index (χ0) is 19.4. The molecular formula is C23H30N2O3. The van der Waals surface area contributed by atoms with Crippen molar-refractivity contribution < 1.29 is 14.3 Å². The molecule has 5 nitrogen and oxygen atoms in total. The van der Waals surface area contributed by atoms with Crippen LogP contribution in [0.5, 0.6) is 5.75 Å². The van der Waals surface area contributed by atoms with Crippen molar-refractivity contribution in [3.05, 3.63) is 42.0 Å². The molecule has 1 amide bonds. The first kappa shape index (κ1) is 19.2. The van der Waals surface area contributed by atoms with Crippen LogP contribution in [0.15, 0.2) is 36.4 Å². The van der Waals surface area contributed by atoms with Crippen LogP contribution in [0, 0.1) is 0 Å². The standard InChI is InChI=1S/C23H30N2O3/c1-27-21-8-7-18-15-20(6-5-19(18)16-21)22(26)24-17-23(9-3-2-4-10-23)25-11-13-28-14-12-25/h5-8,15-16H,2-4,9-14,17H2,1H3,(H,24,26). The number of hydrogen-bond donors (Lipinski definition) is 1. The molecule has 1 aliphatic carbocycles. The molecule has 0 aromatic heterocycles. The number of carbonyl (C=O) groups excluding carboxylic acids is 1. The predicted octanol–water partition coefficient (Wildman–Crippen LogP) is 3.61. The normalized spacial score (nSPS) is 20.0. The molecule has 0 unspecified atom stereocenters. The van der Waals surface area contributed by atoms with Gasteiger partial charge in [-0.2, -0.15) is 0 Å². The van der Waals surface area contributed by atoms with E-state index in [0.717, 1.165) is 55.7 Å². The number of benzene rings is 2. The molecule has 0 spiro atoms. The lowest BCUT2D eigenvalue weighted by atomic mass is 9.79. The molecular weight excluding hydrogens is 352 g/mol. The summed E-state index contributed by atoms with van der Waals surface area (Å²) in [6.07, 6.45) is 6.10. The smallest absolute Gasteiger partial charge is 0.251 e. The quantitative estimate of drug-likeness (QED) is 0.858. The molecule has 2 fully saturated rings. The number of hydrogen-bond acceptors (Lipinski definition) is 4. The molecule has 0 bridgehead atoms. The minimum Gasteiger partial charge on any atom is -0.497 e. The fraction of sp³-hybridized carbons (Fsp3) is 0.522. The van der Waals surface area contributed by atoms with E-state index in [4.69, 9.17) is 9.47 Å². The van der Waals surface area contributed by atoms with Gasteiger partial charge in [0.2, 0.25) is 0 Å². The first-order valence-corrected chi connectivity index (χ1v) is 10.4. The van der Waals surface area contributed by atoms with Crippen molar-refractivity contribution in [1.29, 1.82) is 0 Å². The number of fused-ring (bicyclic) bond motifs is 1. The second-order valence-electron chi connectivity index (χ2n) is 7.99. The van der Waals surface area contributed by atoms with Crippen LogP contribution in [0.3, 0.4) is 0 Å². The third kappa shape index (κ3) is 4.01. The summed E-state index contributed by atoms with van der Waals surface area (Å²) in [5.41, 5.74) is 0.799. The summed E-state index contributed by atoms with van der Waals surface area (Å²) in [6.45, 7) is 4.24. The largest absolute Gasteiger partial charge is 0.497 e. The van der Waals surface area contributed by atoms with Crippen LogP contribution in [-0.4, -0.2) is 56.3 Å². The van der Waals surface area contributed by atoms with Crippen molar-refractivity contribution in [1.82, 2.24) is 10.2 Å². The Hall–Kier alpha value is -2.11. The molecule has 4 rings (SSSR count). The zero-order valence-electron chi connectivity index (χ0n) is 16.7. The van der Waals surface area contributed by atoms with Crippen molar-refractivity contribution in [2.45, 2.75) is 37.6 Å². The molecule has 150 valence electrons. The van der Waals surface area contributed by atoms with E-state index in [1.54, 1.807) is 7.11 Å². The first-order chi connectivity index (χ1) is 13.7. The van der Waals surface area contributed by atoms with E-state index in [2.05, 4.69) is 10.2 Å². The Bertz CT molecular complexity index is 824. The van der Waals surface area contributed by atoms with Crippen LogP contribution in [0.2, 0.25) is 0 Å². The summed E-state index contributed by atoms with van der Waals surface area (Å²) < 4.78 is 10.8. The Balaban J connectivity index is 1.48. The molecule has 1 aliphatic heterocycles. The zero-order valence-corrected chi connectivity index (χ0v) is 16.7. The molecule has 1 saturated heterocycles. The van der Waals surface area contributed by atoms with E-state index in [1.165, 1.54) is 19.3 Å². The fourth-order valence-electron chi connectivity index (χ4n) is 4.69. The van der Waals surface area contributed by atoms with Crippen molar-refractivity contribution in [3.8, 4) is 5.75 Å². The summed E-state index contributed by atoms with van der Waals surface area (Å²) in [6, 6.07) is 11.8. The Morgan fingerprint density at radius 2 is 1.79 bits per heavy atom. The van der Waals surface area contributed by atoms with Gasteiger partial charge < -0.3 is 14.8 Å². The second kappa shape index (κ2) is 8.50. The number of rotatable bonds is 5. The maximum atomic E-state index is 12.9. The topological polar surface area (TPSA) is 50.8 Å². The highest BCUT2D eigenvalue weighted by molar-refractivity contribution is 5.98.